The molecule has 0 bridgehead atoms. The topological polar surface area (TPSA) is 88.5 Å². The summed E-state index contributed by atoms with van der Waals surface area (Å²) >= 11 is 5.85. The van der Waals surface area contributed by atoms with Crippen molar-refractivity contribution < 1.29 is 4.79 Å². The molecule has 0 fully saturated rings. The normalized spacial score (nSPS) is 10.7. The maximum absolute atomic E-state index is 12.5. The largest absolute Gasteiger partial charge is 0.337 e. The molecule has 2 heterocycles. The van der Waals surface area contributed by atoms with Crippen molar-refractivity contribution in [2.24, 2.45) is 0 Å². The van der Waals surface area contributed by atoms with E-state index < -0.39 is 0 Å². The van der Waals surface area contributed by atoms with E-state index in [9.17, 15) is 4.79 Å². The van der Waals surface area contributed by atoms with E-state index in [2.05, 4.69) is 25.8 Å². The molecule has 3 aromatic rings. The van der Waals surface area contributed by atoms with Gasteiger partial charge in [0.25, 0.3) is 0 Å². The van der Waals surface area contributed by atoms with E-state index in [4.69, 9.17) is 11.6 Å². The molecule has 2 N–H and O–H groups in total. The van der Waals surface area contributed by atoms with E-state index in [1.54, 1.807) is 24.3 Å². The minimum atomic E-state index is -0.351. The monoisotopic (exact) mass is 316 g/mol. The number of anilines is 2. The molecule has 0 amide bonds. The number of carbonyl (C=O) groups is 1. The van der Waals surface area contributed by atoms with Gasteiger partial charge in [0.1, 0.15) is 0 Å². The lowest BCUT2D eigenvalue weighted by Gasteiger charge is -2.05. The van der Waals surface area contributed by atoms with Crippen LogP contribution in [0, 0.1) is 13.8 Å². The first-order valence-corrected chi connectivity index (χ1v) is 6.94. The predicted octanol–water partition coefficient (Wildman–Crippen LogP) is 2.70. The Morgan fingerprint density at radius 1 is 1.23 bits per heavy atom. The highest BCUT2D eigenvalue weighted by atomic mass is 35.5. The fourth-order valence-electron chi connectivity index (χ4n) is 2.07. The second kappa shape index (κ2) is 5.61. The molecule has 3 rings (SSSR count). The van der Waals surface area contributed by atoms with Gasteiger partial charge in [0.15, 0.2) is 11.5 Å². The van der Waals surface area contributed by atoms with E-state index in [-0.39, 0.29) is 11.6 Å². The van der Waals surface area contributed by atoms with Crippen LogP contribution in [0.25, 0.3) is 0 Å². The number of aromatic amines is 1. The van der Waals surface area contributed by atoms with Gasteiger partial charge in [0.2, 0.25) is 0 Å². The molecule has 7 nitrogen and oxygen atoms in total. The third-order valence-electron chi connectivity index (χ3n) is 3.06. The number of nitrogens with one attached hydrogen (secondary N) is 2. The van der Waals surface area contributed by atoms with E-state index >= 15 is 0 Å². The Hall–Kier alpha value is -2.67. The summed E-state index contributed by atoms with van der Waals surface area (Å²) in [5.41, 5.74) is 2.42. The number of hydrogen-bond donors (Lipinski definition) is 2. The molecule has 0 aliphatic carbocycles. The van der Waals surface area contributed by atoms with Gasteiger partial charge in [0.05, 0.1) is 5.69 Å². The number of rotatable bonds is 3. The van der Waals surface area contributed by atoms with Gasteiger partial charge in [-0.2, -0.15) is 15.0 Å². The quantitative estimate of drug-likeness (QED) is 0.775. The van der Waals surface area contributed by atoms with E-state index in [1.807, 2.05) is 19.9 Å². The fraction of sp³-hybridized carbons (Fsp3) is 0.143. The van der Waals surface area contributed by atoms with Gasteiger partial charge in [-0.05, 0) is 44.2 Å². The molecule has 0 saturated carbocycles. The SMILES string of the molecule is Cc1cc(C)n(C(=O)c2n[nH]nc2Nc2ccc(Cl)cc2)n1. The van der Waals surface area contributed by atoms with Crippen LogP contribution in [-0.2, 0) is 0 Å². The van der Waals surface area contributed by atoms with Crippen LogP contribution < -0.4 is 5.32 Å². The molecule has 0 atom stereocenters. The van der Waals surface area contributed by atoms with Crippen molar-refractivity contribution in [2.45, 2.75) is 13.8 Å². The molecule has 0 aliphatic rings. The Bertz CT molecular complexity index is 820. The van der Waals surface area contributed by atoms with Gasteiger partial charge in [-0.3, -0.25) is 4.79 Å². The molecule has 2 aromatic heterocycles. The average Bonchev–Trinajstić information content (AvgIpc) is 3.07. The summed E-state index contributed by atoms with van der Waals surface area (Å²) in [5.74, 6) is -0.0179. The molecule has 22 heavy (non-hydrogen) atoms. The molecule has 0 unspecified atom stereocenters. The number of H-pyrrole nitrogens is 1. The first-order chi connectivity index (χ1) is 10.5. The minimum Gasteiger partial charge on any atom is -0.337 e. The van der Waals surface area contributed by atoms with Crippen molar-refractivity contribution in [3.05, 3.63) is 52.4 Å². The Morgan fingerprint density at radius 3 is 2.59 bits per heavy atom. The van der Waals surface area contributed by atoms with Crippen molar-refractivity contribution in [1.82, 2.24) is 25.2 Å². The molecule has 0 radical (unpaired) electrons. The van der Waals surface area contributed by atoms with Crippen molar-refractivity contribution in [1.29, 1.82) is 0 Å². The number of nitrogens with zero attached hydrogens (tertiary/aromatic N) is 4. The third-order valence-corrected chi connectivity index (χ3v) is 3.31. The molecular weight excluding hydrogens is 304 g/mol. The zero-order valence-electron chi connectivity index (χ0n) is 12.0. The summed E-state index contributed by atoms with van der Waals surface area (Å²) in [6.45, 7) is 3.64. The number of halogens is 1. The number of aromatic nitrogens is 5. The molecule has 8 heteroatoms. The van der Waals surface area contributed by atoms with Gasteiger partial charge < -0.3 is 5.32 Å². The zero-order valence-corrected chi connectivity index (χ0v) is 12.7. The van der Waals surface area contributed by atoms with Crippen molar-refractivity contribution in [2.75, 3.05) is 5.32 Å². The summed E-state index contributed by atoms with van der Waals surface area (Å²) in [7, 11) is 0. The Labute approximate surface area is 131 Å². The second-order valence-corrected chi connectivity index (χ2v) is 5.23. The first-order valence-electron chi connectivity index (χ1n) is 6.56. The summed E-state index contributed by atoms with van der Waals surface area (Å²) in [5, 5.41) is 18.2. The predicted molar refractivity (Wildman–Crippen MR) is 82.5 cm³/mol. The number of benzene rings is 1. The highest BCUT2D eigenvalue weighted by molar-refractivity contribution is 6.30. The van der Waals surface area contributed by atoms with Gasteiger partial charge in [-0.1, -0.05) is 11.6 Å². The Balaban J connectivity index is 1.90. The van der Waals surface area contributed by atoms with Gasteiger partial charge in [-0.25, -0.2) is 0 Å². The average molecular weight is 317 g/mol. The smallest absolute Gasteiger partial charge is 0.302 e. The summed E-state index contributed by atoms with van der Waals surface area (Å²) in [6.07, 6.45) is 0. The van der Waals surface area contributed by atoms with E-state index in [0.29, 0.717) is 10.8 Å². The number of carbonyl (C=O) groups excluding carboxylic acids is 1. The maximum atomic E-state index is 12.5. The lowest BCUT2D eigenvalue weighted by atomic mass is 10.3. The first kappa shape index (κ1) is 14.3. The van der Waals surface area contributed by atoms with Crippen LogP contribution in [0.2, 0.25) is 5.02 Å². The van der Waals surface area contributed by atoms with Crippen LogP contribution in [0.1, 0.15) is 21.9 Å². The summed E-state index contributed by atoms with van der Waals surface area (Å²) in [4.78, 5) is 12.5. The second-order valence-electron chi connectivity index (χ2n) is 4.80. The van der Waals surface area contributed by atoms with Crippen LogP contribution in [0.5, 0.6) is 0 Å². The lowest BCUT2D eigenvalue weighted by Crippen LogP contribution is -2.17. The van der Waals surface area contributed by atoms with Crippen molar-refractivity contribution in [3.63, 3.8) is 0 Å². The molecular formula is C14H13ClN6O. The Morgan fingerprint density at radius 2 is 1.95 bits per heavy atom. The van der Waals surface area contributed by atoms with Crippen LogP contribution in [0.3, 0.4) is 0 Å². The third kappa shape index (κ3) is 2.71. The van der Waals surface area contributed by atoms with E-state index in [0.717, 1.165) is 17.1 Å². The zero-order chi connectivity index (χ0) is 15.7. The highest BCUT2D eigenvalue weighted by Gasteiger charge is 2.20. The van der Waals surface area contributed by atoms with Crippen LogP contribution >= 0.6 is 11.6 Å². The number of aryl methyl sites for hydroxylation is 2. The van der Waals surface area contributed by atoms with Crippen LogP contribution in [-0.4, -0.2) is 31.1 Å². The minimum absolute atomic E-state index is 0.168. The summed E-state index contributed by atoms with van der Waals surface area (Å²) < 4.78 is 1.31. The fourth-order valence-corrected chi connectivity index (χ4v) is 2.20. The number of hydrogen-bond acceptors (Lipinski definition) is 5. The van der Waals surface area contributed by atoms with Gasteiger partial charge in [0, 0.05) is 16.4 Å². The molecule has 112 valence electrons. The van der Waals surface area contributed by atoms with Crippen LogP contribution in [0.15, 0.2) is 30.3 Å². The molecule has 1 aromatic carbocycles. The van der Waals surface area contributed by atoms with Gasteiger partial charge in [-0.15, -0.1) is 10.2 Å². The highest BCUT2D eigenvalue weighted by Crippen LogP contribution is 2.20. The van der Waals surface area contributed by atoms with Gasteiger partial charge >= 0.3 is 5.91 Å². The molecule has 0 saturated heterocycles. The Kier molecular flexibility index (Phi) is 3.64. The summed E-state index contributed by atoms with van der Waals surface area (Å²) in [6, 6.07) is 8.88. The van der Waals surface area contributed by atoms with Crippen LogP contribution in [0.4, 0.5) is 11.5 Å². The molecule has 0 aliphatic heterocycles. The van der Waals surface area contributed by atoms with Crippen molar-refractivity contribution in [3.8, 4) is 0 Å². The van der Waals surface area contributed by atoms with Crippen molar-refractivity contribution >= 4 is 29.0 Å². The molecule has 0 spiro atoms. The standard InChI is InChI=1S/C14H13ClN6O/c1-8-7-9(2)21(19-8)14(22)12-13(18-20-17-12)16-11-5-3-10(15)4-6-11/h3-7H,1-2H3,(H2,16,17,18,20). The van der Waals surface area contributed by atoms with E-state index in [1.165, 1.54) is 4.68 Å². The lowest BCUT2D eigenvalue weighted by molar-refractivity contribution is 0.0938. The maximum Gasteiger partial charge on any atom is 0.302 e.